The van der Waals surface area contributed by atoms with Gasteiger partial charge in [0.25, 0.3) is 5.91 Å². The number of hydrogen-bond donors (Lipinski definition) is 1. The van der Waals surface area contributed by atoms with E-state index in [-0.39, 0.29) is 5.91 Å². The fourth-order valence-electron chi connectivity index (χ4n) is 3.08. The molecule has 0 unspecified atom stereocenters. The summed E-state index contributed by atoms with van der Waals surface area (Å²) in [4.78, 5) is 17.9. The third-order valence-corrected chi connectivity index (χ3v) is 4.37. The summed E-state index contributed by atoms with van der Waals surface area (Å²) in [6.45, 7) is 0. The molecule has 4 rings (SSSR count). The Bertz CT molecular complexity index is 1000. The van der Waals surface area contributed by atoms with Crippen molar-refractivity contribution in [3.63, 3.8) is 0 Å². The summed E-state index contributed by atoms with van der Waals surface area (Å²) < 4.78 is 5.34. The zero-order valence-corrected chi connectivity index (χ0v) is 14.3. The molecule has 1 aromatic heterocycles. The van der Waals surface area contributed by atoms with Crippen molar-refractivity contribution >= 4 is 29.3 Å². The van der Waals surface area contributed by atoms with Gasteiger partial charge in [0.1, 0.15) is 5.75 Å². The smallest absolute Gasteiger partial charge is 0.263 e. The predicted octanol–water partition coefficient (Wildman–Crippen LogP) is 4.58. The number of benzene rings is 2. The molecular weight excluding hydrogens is 324 g/mol. The second kappa shape index (κ2) is 6.76. The maximum Gasteiger partial charge on any atom is 0.263 e. The van der Waals surface area contributed by atoms with E-state index in [1.165, 1.54) is 0 Å². The van der Waals surface area contributed by atoms with E-state index in [0.29, 0.717) is 11.3 Å². The number of nitrogens with zero attached hydrogens (tertiary/aromatic N) is 1. The molecule has 0 bridgehead atoms. The number of aromatic nitrogens is 1. The first-order valence-corrected chi connectivity index (χ1v) is 8.37. The highest BCUT2D eigenvalue weighted by Gasteiger charge is 2.31. The molecule has 2 heterocycles. The van der Waals surface area contributed by atoms with Gasteiger partial charge in [0.05, 0.1) is 24.1 Å². The Morgan fingerprint density at radius 3 is 2.58 bits per heavy atom. The van der Waals surface area contributed by atoms with Crippen LogP contribution in [0, 0.1) is 0 Å². The van der Waals surface area contributed by atoms with E-state index in [2.05, 4.69) is 4.98 Å². The summed E-state index contributed by atoms with van der Waals surface area (Å²) in [5, 5.41) is 0. The Hall–Kier alpha value is -3.53. The Morgan fingerprint density at radius 2 is 1.77 bits per heavy atom. The maximum atomic E-state index is 13.1. The van der Waals surface area contributed by atoms with E-state index in [0.717, 1.165) is 22.5 Å². The van der Waals surface area contributed by atoms with E-state index >= 15 is 0 Å². The van der Waals surface area contributed by atoms with Crippen LogP contribution in [0.25, 0.3) is 17.7 Å². The quantitative estimate of drug-likeness (QED) is 0.705. The number of hydrogen-bond acceptors (Lipinski definition) is 2. The second-order valence-electron chi connectivity index (χ2n) is 5.94. The number of fused-ring (bicyclic) bond motifs is 1. The Labute approximate surface area is 152 Å². The summed E-state index contributed by atoms with van der Waals surface area (Å²) in [5.41, 5.74) is 4.24. The standard InChI is InChI=1S/C22H18N2O2/c1-26-21-11-13-23-19(21)15-18-17-9-5-6-10-20(17)24(22(18)25)14-12-16-7-3-2-4-8-16/h2-15,23H,1H3. The van der Waals surface area contributed by atoms with E-state index in [4.69, 9.17) is 4.74 Å². The van der Waals surface area contributed by atoms with Crippen molar-refractivity contribution in [2.75, 3.05) is 12.0 Å². The van der Waals surface area contributed by atoms with Crippen LogP contribution in [0.5, 0.6) is 5.75 Å². The molecule has 2 aromatic carbocycles. The Morgan fingerprint density at radius 1 is 1.00 bits per heavy atom. The number of amides is 1. The van der Waals surface area contributed by atoms with Crippen molar-refractivity contribution < 1.29 is 9.53 Å². The van der Waals surface area contributed by atoms with Gasteiger partial charge in [-0.25, -0.2) is 0 Å². The molecule has 128 valence electrons. The molecular formula is C22H18N2O2. The Balaban J connectivity index is 1.75. The number of carbonyl (C=O) groups excluding carboxylic acids is 1. The lowest BCUT2D eigenvalue weighted by molar-refractivity contribution is -0.112. The molecule has 0 radical (unpaired) electrons. The van der Waals surface area contributed by atoms with E-state index in [9.17, 15) is 4.79 Å². The first-order valence-electron chi connectivity index (χ1n) is 8.37. The molecule has 4 nitrogen and oxygen atoms in total. The van der Waals surface area contributed by atoms with Gasteiger partial charge < -0.3 is 9.72 Å². The van der Waals surface area contributed by atoms with E-state index in [1.807, 2.05) is 79.0 Å². The number of carbonyl (C=O) groups is 1. The van der Waals surface area contributed by atoms with Gasteiger partial charge in [-0.3, -0.25) is 9.69 Å². The molecule has 4 heteroatoms. The minimum absolute atomic E-state index is 0.0602. The van der Waals surface area contributed by atoms with Gasteiger partial charge in [0, 0.05) is 18.0 Å². The third-order valence-electron chi connectivity index (χ3n) is 4.37. The molecule has 1 aliphatic rings. The molecule has 0 aliphatic carbocycles. The highest BCUT2D eigenvalue weighted by atomic mass is 16.5. The number of aromatic amines is 1. The molecule has 0 saturated heterocycles. The predicted molar refractivity (Wildman–Crippen MR) is 105 cm³/mol. The van der Waals surface area contributed by atoms with Gasteiger partial charge in [-0.05, 0) is 29.8 Å². The van der Waals surface area contributed by atoms with Gasteiger partial charge in [-0.2, -0.15) is 0 Å². The average molecular weight is 342 g/mol. The molecule has 0 spiro atoms. The second-order valence-corrected chi connectivity index (χ2v) is 5.94. The van der Waals surface area contributed by atoms with Crippen LogP contribution >= 0.6 is 0 Å². The number of para-hydroxylation sites is 1. The molecule has 0 atom stereocenters. The van der Waals surface area contributed by atoms with E-state index in [1.54, 1.807) is 18.2 Å². The van der Waals surface area contributed by atoms with Crippen LogP contribution in [0.15, 0.2) is 73.1 Å². The molecule has 1 aliphatic heterocycles. The van der Waals surface area contributed by atoms with Crippen molar-refractivity contribution in [1.29, 1.82) is 0 Å². The van der Waals surface area contributed by atoms with Crippen molar-refractivity contribution in [2.24, 2.45) is 0 Å². The largest absolute Gasteiger partial charge is 0.495 e. The van der Waals surface area contributed by atoms with Crippen LogP contribution in [-0.2, 0) is 4.79 Å². The summed E-state index contributed by atoms with van der Waals surface area (Å²) in [6, 6.07) is 19.6. The number of rotatable bonds is 4. The summed E-state index contributed by atoms with van der Waals surface area (Å²) in [7, 11) is 1.62. The highest BCUT2D eigenvalue weighted by Crippen LogP contribution is 2.38. The lowest BCUT2D eigenvalue weighted by Gasteiger charge is -2.11. The highest BCUT2D eigenvalue weighted by molar-refractivity contribution is 6.36. The van der Waals surface area contributed by atoms with Crippen LogP contribution in [0.1, 0.15) is 16.8 Å². The van der Waals surface area contributed by atoms with Crippen LogP contribution in [0.3, 0.4) is 0 Å². The van der Waals surface area contributed by atoms with Gasteiger partial charge in [0.2, 0.25) is 0 Å². The minimum Gasteiger partial charge on any atom is -0.495 e. The number of anilines is 1. The minimum atomic E-state index is -0.0602. The molecule has 0 fully saturated rings. The fraction of sp³-hybridized carbons (Fsp3) is 0.0455. The SMILES string of the molecule is COc1cc[nH]c1C=C1C(=O)N(C=Cc2ccccc2)c2ccccc21. The molecule has 0 saturated carbocycles. The molecule has 3 aromatic rings. The number of methoxy groups -OCH3 is 1. The van der Waals surface area contributed by atoms with Crippen LogP contribution in [0.4, 0.5) is 5.69 Å². The lowest BCUT2D eigenvalue weighted by atomic mass is 10.1. The summed E-state index contributed by atoms with van der Waals surface area (Å²) >= 11 is 0. The first kappa shape index (κ1) is 16.0. The van der Waals surface area contributed by atoms with Crippen molar-refractivity contribution in [1.82, 2.24) is 4.98 Å². The van der Waals surface area contributed by atoms with Crippen LogP contribution in [-0.4, -0.2) is 18.0 Å². The fourth-order valence-corrected chi connectivity index (χ4v) is 3.08. The van der Waals surface area contributed by atoms with Gasteiger partial charge in [0.15, 0.2) is 0 Å². The number of nitrogens with one attached hydrogen (secondary N) is 1. The van der Waals surface area contributed by atoms with Crippen LogP contribution in [0.2, 0.25) is 0 Å². The van der Waals surface area contributed by atoms with Gasteiger partial charge in [-0.1, -0.05) is 48.5 Å². The third kappa shape index (κ3) is 2.82. The van der Waals surface area contributed by atoms with Crippen LogP contribution < -0.4 is 9.64 Å². The van der Waals surface area contributed by atoms with Gasteiger partial charge >= 0.3 is 0 Å². The summed E-state index contributed by atoms with van der Waals surface area (Å²) in [6.07, 6.45) is 7.40. The zero-order valence-electron chi connectivity index (χ0n) is 14.3. The molecule has 1 N–H and O–H groups in total. The van der Waals surface area contributed by atoms with Gasteiger partial charge in [-0.15, -0.1) is 0 Å². The van der Waals surface area contributed by atoms with Crippen molar-refractivity contribution in [3.05, 3.63) is 89.9 Å². The van der Waals surface area contributed by atoms with Crippen molar-refractivity contribution in [3.8, 4) is 5.75 Å². The molecule has 26 heavy (non-hydrogen) atoms. The maximum absolute atomic E-state index is 13.1. The topological polar surface area (TPSA) is 45.3 Å². The van der Waals surface area contributed by atoms with Crippen molar-refractivity contribution in [2.45, 2.75) is 0 Å². The lowest BCUT2D eigenvalue weighted by Crippen LogP contribution is -2.19. The monoisotopic (exact) mass is 342 g/mol. The van der Waals surface area contributed by atoms with E-state index < -0.39 is 0 Å². The number of ether oxygens (including phenoxy) is 1. The normalized spacial score (nSPS) is 15.0. The zero-order chi connectivity index (χ0) is 17.9. The molecule has 1 amide bonds. The summed E-state index contributed by atoms with van der Waals surface area (Å²) in [5.74, 6) is 0.649. The average Bonchev–Trinajstić information content (AvgIpc) is 3.24. The first-order chi connectivity index (χ1) is 12.8. The number of H-pyrrole nitrogens is 1. The Kier molecular flexibility index (Phi) is 4.15.